The predicted molar refractivity (Wildman–Crippen MR) is 100 cm³/mol. The fourth-order valence-corrected chi connectivity index (χ4v) is 2.28. The zero-order valence-corrected chi connectivity index (χ0v) is 17.3. The van der Waals surface area contributed by atoms with Crippen molar-refractivity contribution < 1.29 is 0 Å². The Kier molecular flexibility index (Phi) is 8.73. The van der Waals surface area contributed by atoms with Gasteiger partial charge in [-0.1, -0.05) is 96.3 Å². The quantitative estimate of drug-likeness (QED) is 0.490. The van der Waals surface area contributed by atoms with Crippen LogP contribution in [-0.4, -0.2) is 28.0 Å². The molecule has 0 fully saturated rings. The van der Waals surface area contributed by atoms with E-state index in [1.54, 1.807) is 0 Å². The van der Waals surface area contributed by atoms with E-state index in [9.17, 15) is 0 Å². The van der Waals surface area contributed by atoms with Gasteiger partial charge in [-0.15, -0.1) is 0 Å². The first kappa shape index (κ1) is 21.6. The van der Waals surface area contributed by atoms with Gasteiger partial charge in [-0.2, -0.15) is 9.97 Å². The Morgan fingerprint density at radius 2 is 1.13 bits per heavy atom. The molecule has 0 saturated heterocycles. The van der Waals surface area contributed by atoms with Crippen LogP contribution < -0.4 is 4.90 Å². The van der Waals surface area contributed by atoms with Crippen molar-refractivity contribution in [2.24, 2.45) is 0 Å². The average molecular weight is 443 g/mol. The van der Waals surface area contributed by atoms with Crippen molar-refractivity contribution in [3.05, 3.63) is 11.6 Å². The predicted octanol–water partition coefficient (Wildman–Crippen LogP) is 5.93. The Morgan fingerprint density at radius 3 is 1.43 bits per heavy atom. The average Bonchev–Trinajstić information content (AvgIpc) is 2.45. The normalized spacial score (nSPS) is 12.5. The number of nitrogens with zero attached hydrogens (tertiary/aromatic N) is 4. The standard InChI is InChI=1S/C13H18Cl6N4/c1-3-5-7-23(8-6-4-2)11-21-9(12(14,15)16)20-10(22-11)13(17,18)19/h3-8H2,1-2H3. The van der Waals surface area contributed by atoms with Gasteiger partial charge in [0.2, 0.25) is 13.5 Å². The number of aromatic nitrogens is 3. The number of hydrogen-bond acceptors (Lipinski definition) is 4. The Bertz CT molecular complexity index is 460. The third-order valence-electron chi connectivity index (χ3n) is 2.98. The van der Waals surface area contributed by atoms with E-state index in [4.69, 9.17) is 69.6 Å². The van der Waals surface area contributed by atoms with Crippen LogP contribution in [0, 0.1) is 0 Å². The van der Waals surface area contributed by atoms with Crippen molar-refractivity contribution in [3.8, 4) is 0 Å². The van der Waals surface area contributed by atoms with Gasteiger partial charge in [0.05, 0.1) is 0 Å². The summed E-state index contributed by atoms with van der Waals surface area (Å²) < 4.78 is -3.66. The van der Waals surface area contributed by atoms with Gasteiger partial charge < -0.3 is 4.90 Å². The van der Waals surface area contributed by atoms with Gasteiger partial charge >= 0.3 is 0 Å². The second-order valence-electron chi connectivity index (χ2n) is 4.97. The number of unbranched alkanes of at least 4 members (excludes halogenated alkanes) is 2. The summed E-state index contributed by atoms with van der Waals surface area (Å²) in [5, 5.41) is 0. The molecule has 0 radical (unpaired) electrons. The molecule has 4 nitrogen and oxygen atoms in total. The minimum atomic E-state index is -1.83. The molecule has 0 saturated carbocycles. The molecule has 1 rings (SSSR count). The van der Waals surface area contributed by atoms with Crippen LogP contribution in [0.2, 0.25) is 0 Å². The molecule has 0 amide bonds. The highest BCUT2D eigenvalue weighted by Gasteiger charge is 2.34. The molecule has 1 aromatic heterocycles. The Labute approximate surface area is 166 Å². The SMILES string of the molecule is CCCCN(CCCC)c1nc(C(Cl)(Cl)Cl)nc(C(Cl)(Cl)Cl)n1. The summed E-state index contributed by atoms with van der Waals surface area (Å²) in [4.78, 5) is 14.5. The smallest absolute Gasteiger partial charge is 0.250 e. The van der Waals surface area contributed by atoms with E-state index < -0.39 is 7.59 Å². The summed E-state index contributed by atoms with van der Waals surface area (Å²) in [6.07, 6.45) is 4.01. The van der Waals surface area contributed by atoms with Crippen molar-refractivity contribution in [2.45, 2.75) is 47.1 Å². The van der Waals surface area contributed by atoms with E-state index in [1.807, 2.05) is 4.90 Å². The van der Waals surface area contributed by atoms with Crippen LogP contribution in [0.1, 0.15) is 51.2 Å². The lowest BCUT2D eigenvalue weighted by molar-refractivity contribution is 0.653. The molecule has 1 heterocycles. The van der Waals surface area contributed by atoms with Crippen LogP contribution in [0.3, 0.4) is 0 Å². The highest BCUT2D eigenvalue weighted by atomic mass is 35.6. The summed E-state index contributed by atoms with van der Waals surface area (Å²) in [6, 6.07) is 0. The van der Waals surface area contributed by atoms with Crippen LogP contribution in [0.5, 0.6) is 0 Å². The fourth-order valence-electron chi connectivity index (χ4n) is 1.77. The maximum atomic E-state index is 5.90. The number of alkyl halides is 6. The first-order chi connectivity index (χ1) is 10.6. The van der Waals surface area contributed by atoms with Gasteiger partial charge in [-0.3, -0.25) is 0 Å². The molecule has 1 aromatic rings. The molecule has 10 heteroatoms. The van der Waals surface area contributed by atoms with Crippen LogP contribution in [-0.2, 0) is 7.59 Å². The lowest BCUT2D eigenvalue weighted by atomic mass is 10.3. The van der Waals surface area contributed by atoms with E-state index >= 15 is 0 Å². The van der Waals surface area contributed by atoms with E-state index in [1.165, 1.54) is 0 Å². The number of anilines is 1. The van der Waals surface area contributed by atoms with Crippen molar-refractivity contribution in [1.29, 1.82) is 0 Å². The van der Waals surface area contributed by atoms with E-state index in [0.29, 0.717) is 5.95 Å². The monoisotopic (exact) mass is 440 g/mol. The van der Waals surface area contributed by atoms with Gasteiger partial charge in [0.1, 0.15) is 0 Å². The molecule has 132 valence electrons. The van der Waals surface area contributed by atoms with Gasteiger partial charge in [-0.05, 0) is 12.8 Å². The topological polar surface area (TPSA) is 41.9 Å². The molecule has 23 heavy (non-hydrogen) atoms. The number of halogens is 6. The Hall–Kier alpha value is 0.550. The third kappa shape index (κ3) is 7.13. The second kappa shape index (κ2) is 9.30. The number of rotatable bonds is 7. The molecule has 0 aromatic carbocycles. The first-order valence-corrected chi connectivity index (χ1v) is 9.51. The van der Waals surface area contributed by atoms with Crippen molar-refractivity contribution >= 4 is 75.6 Å². The second-order valence-corrected chi connectivity index (χ2v) is 9.53. The zero-order chi connectivity index (χ0) is 17.7. The van der Waals surface area contributed by atoms with Gasteiger partial charge in [0, 0.05) is 13.1 Å². The largest absolute Gasteiger partial charge is 0.341 e. The lowest BCUT2D eigenvalue weighted by Crippen LogP contribution is -2.30. The van der Waals surface area contributed by atoms with E-state index in [2.05, 4.69) is 28.8 Å². The summed E-state index contributed by atoms with van der Waals surface area (Å²) in [5.74, 6) is 0.225. The fraction of sp³-hybridized carbons (Fsp3) is 0.769. The van der Waals surface area contributed by atoms with Crippen LogP contribution in [0.15, 0.2) is 0 Å². The molecular weight excluding hydrogens is 425 g/mol. The molecule has 0 N–H and O–H groups in total. The lowest BCUT2D eigenvalue weighted by Gasteiger charge is -2.24. The molecule has 0 aliphatic rings. The van der Waals surface area contributed by atoms with Gasteiger partial charge in [0.15, 0.2) is 11.6 Å². The van der Waals surface area contributed by atoms with E-state index in [0.717, 1.165) is 38.8 Å². The third-order valence-corrected chi connectivity index (χ3v) is 3.99. The minimum Gasteiger partial charge on any atom is -0.341 e. The van der Waals surface area contributed by atoms with Crippen LogP contribution >= 0.6 is 69.6 Å². The molecular formula is C13H18Cl6N4. The van der Waals surface area contributed by atoms with Gasteiger partial charge in [-0.25, -0.2) is 4.98 Å². The van der Waals surface area contributed by atoms with Crippen molar-refractivity contribution in [1.82, 2.24) is 15.0 Å². The van der Waals surface area contributed by atoms with E-state index in [-0.39, 0.29) is 11.6 Å². The highest BCUT2D eigenvalue weighted by Crippen LogP contribution is 2.40. The first-order valence-electron chi connectivity index (χ1n) is 7.25. The van der Waals surface area contributed by atoms with Crippen LogP contribution in [0.4, 0.5) is 5.95 Å². The molecule has 0 atom stereocenters. The van der Waals surface area contributed by atoms with Crippen molar-refractivity contribution in [2.75, 3.05) is 18.0 Å². The van der Waals surface area contributed by atoms with Gasteiger partial charge in [0.25, 0.3) is 0 Å². The molecule has 0 aliphatic carbocycles. The molecule has 0 bridgehead atoms. The van der Waals surface area contributed by atoms with Crippen molar-refractivity contribution in [3.63, 3.8) is 0 Å². The molecule has 0 unspecified atom stereocenters. The molecule has 0 aliphatic heterocycles. The minimum absolute atomic E-state index is 0.0631. The molecule has 0 spiro atoms. The maximum Gasteiger partial charge on any atom is 0.250 e. The summed E-state index contributed by atoms with van der Waals surface area (Å²) in [7, 11) is 0. The number of hydrogen-bond donors (Lipinski definition) is 0. The Morgan fingerprint density at radius 1 is 0.739 bits per heavy atom. The maximum absolute atomic E-state index is 5.90. The summed E-state index contributed by atoms with van der Waals surface area (Å²) in [6.45, 7) is 5.73. The Balaban J connectivity index is 3.29. The summed E-state index contributed by atoms with van der Waals surface area (Å²) in [5.41, 5.74) is 0. The zero-order valence-electron chi connectivity index (χ0n) is 12.8. The summed E-state index contributed by atoms with van der Waals surface area (Å²) >= 11 is 35.4. The van der Waals surface area contributed by atoms with Crippen LogP contribution in [0.25, 0.3) is 0 Å². The highest BCUT2D eigenvalue weighted by molar-refractivity contribution is 6.67.